The van der Waals surface area contributed by atoms with Crippen LogP contribution >= 0.6 is 11.6 Å². The molecule has 0 saturated carbocycles. The molecule has 0 aliphatic carbocycles. The van der Waals surface area contributed by atoms with E-state index in [1.807, 2.05) is 11.5 Å². The van der Waals surface area contributed by atoms with Gasteiger partial charge in [-0.3, -0.25) is 9.36 Å². The molecular weight excluding hydrogens is 240 g/mol. The number of carbonyl (C=O) groups excluding carboxylic acids is 1. The number of primary amides is 1. The number of nitrogens with two attached hydrogens (primary N) is 1. The zero-order valence-electron chi connectivity index (χ0n) is 9.22. The molecule has 88 valence electrons. The topological polar surface area (TPSA) is 73.8 Å². The molecule has 0 atom stereocenters. The number of nitrogens with zero attached hydrogens (tertiary/aromatic N) is 3. The third-order valence-electron chi connectivity index (χ3n) is 2.42. The van der Waals surface area contributed by atoms with E-state index in [1.165, 1.54) is 0 Å². The van der Waals surface area contributed by atoms with Crippen LogP contribution in [0.5, 0.6) is 0 Å². The van der Waals surface area contributed by atoms with Gasteiger partial charge in [0.15, 0.2) is 5.82 Å². The first kappa shape index (κ1) is 11.6. The van der Waals surface area contributed by atoms with Crippen LogP contribution in [0.3, 0.4) is 0 Å². The number of rotatable bonds is 3. The van der Waals surface area contributed by atoms with Crippen LogP contribution < -0.4 is 5.73 Å². The van der Waals surface area contributed by atoms with Crippen molar-refractivity contribution in [3.8, 4) is 5.69 Å². The van der Waals surface area contributed by atoms with E-state index in [-0.39, 0.29) is 5.88 Å². The number of alkyl halides is 1. The summed E-state index contributed by atoms with van der Waals surface area (Å²) in [7, 11) is 0. The second-order valence-corrected chi connectivity index (χ2v) is 3.81. The van der Waals surface area contributed by atoms with E-state index in [0.29, 0.717) is 11.4 Å². The Morgan fingerprint density at radius 3 is 2.53 bits per heavy atom. The maximum absolute atomic E-state index is 11.0. The maximum atomic E-state index is 11.0. The molecule has 2 aromatic rings. The molecule has 0 unspecified atom stereocenters. The third-order valence-corrected chi connectivity index (χ3v) is 2.66. The normalized spacial score (nSPS) is 10.5. The minimum Gasteiger partial charge on any atom is -0.366 e. The molecule has 0 aliphatic rings. The number of hydrogen-bond acceptors (Lipinski definition) is 3. The predicted octanol–water partition coefficient (Wildman–Crippen LogP) is 1.41. The van der Waals surface area contributed by atoms with E-state index in [9.17, 15) is 4.79 Å². The van der Waals surface area contributed by atoms with Crippen molar-refractivity contribution in [2.75, 3.05) is 0 Å². The number of amides is 1. The SMILES string of the molecule is Cc1nnc(CCl)n1-c1ccc(C(N)=O)cc1. The van der Waals surface area contributed by atoms with Gasteiger partial charge in [0.05, 0.1) is 5.88 Å². The Hall–Kier alpha value is -1.88. The summed E-state index contributed by atoms with van der Waals surface area (Å²) in [6, 6.07) is 6.89. The monoisotopic (exact) mass is 250 g/mol. The van der Waals surface area contributed by atoms with Crippen molar-refractivity contribution in [1.29, 1.82) is 0 Å². The lowest BCUT2D eigenvalue weighted by molar-refractivity contribution is 0.100. The molecule has 2 rings (SSSR count). The molecule has 0 fully saturated rings. The van der Waals surface area contributed by atoms with E-state index in [0.717, 1.165) is 11.5 Å². The fraction of sp³-hybridized carbons (Fsp3) is 0.182. The van der Waals surface area contributed by atoms with Crippen LogP contribution in [0.4, 0.5) is 0 Å². The zero-order valence-corrected chi connectivity index (χ0v) is 9.98. The van der Waals surface area contributed by atoms with Gasteiger partial charge >= 0.3 is 0 Å². The van der Waals surface area contributed by atoms with Crippen molar-refractivity contribution in [1.82, 2.24) is 14.8 Å². The molecule has 0 saturated heterocycles. The summed E-state index contributed by atoms with van der Waals surface area (Å²) in [5.41, 5.74) is 6.50. The first-order valence-corrected chi connectivity index (χ1v) is 5.54. The first-order valence-electron chi connectivity index (χ1n) is 5.00. The summed E-state index contributed by atoms with van der Waals surface area (Å²) in [5.74, 6) is 1.23. The third kappa shape index (κ3) is 2.14. The highest BCUT2D eigenvalue weighted by atomic mass is 35.5. The average Bonchev–Trinajstić information content (AvgIpc) is 2.70. The van der Waals surface area contributed by atoms with Gasteiger partial charge in [0, 0.05) is 11.3 Å². The number of aryl methyl sites for hydroxylation is 1. The van der Waals surface area contributed by atoms with Crippen LogP contribution in [0, 0.1) is 6.92 Å². The van der Waals surface area contributed by atoms with E-state index < -0.39 is 5.91 Å². The molecule has 0 radical (unpaired) electrons. The Bertz CT molecular complexity index is 547. The van der Waals surface area contributed by atoms with Gasteiger partial charge < -0.3 is 5.73 Å². The van der Waals surface area contributed by atoms with Crippen LogP contribution in [0.2, 0.25) is 0 Å². The Morgan fingerprint density at radius 1 is 1.35 bits per heavy atom. The number of halogens is 1. The summed E-state index contributed by atoms with van der Waals surface area (Å²) < 4.78 is 1.83. The van der Waals surface area contributed by atoms with Gasteiger partial charge in [-0.1, -0.05) is 0 Å². The minimum absolute atomic E-state index is 0.276. The highest BCUT2D eigenvalue weighted by Crippen LogP contribution is 2.15. The van der Waals surface area contributed by atoms with Gasteiger partial charge in [0.2, 0.25) is 5.91 Å². The maximum Gasteiger partial charge on any atom is 0.248 e. The Balaban J connectivity index is 2.46. The predicted molar refractivity (Wildman–Crippen MR) is 64.2 cm³/mol. The smallest absolute Gasteiger partial charge is 0.248 e. The molecule has 0 spiro atoms. The van der Waals surface area contributed by atoms with Crippen molar-refractivity contribution >= 4 is 17.5 Å². The fourth-order valence-electron chi connectivity index (χ4n) is 1.60. The molecule has 2 N–H and O–H groups in total. The quantitative estimate of drug-likeness (QED) is 0.837. The van der Waals surface area contributed by atoms with Crippen molar-refractivity contribution in [3.05, 3.63) is 41.5 Å². The summed E-state index contributed by atoms with van der Waals surface area (Å²) >= 11 is 5.78. The van der Waals surface area contributed by atoms with Gasteiger partial charge in [-0.25, -0.2) is 0 Å². The van der Waals surface area contributed by atoms with Crippen LogP contribution in [0.25, 0.3) is 5.69 Å². The van der Waals surface area contributed by atoms with Crippen molar-refractivity contribution in [3.63, 3.8) is 0 Å². The number of benzene rings is 1. The fourth-order valence-corrected chi connectivity index (χ4v) is 1.78. The molecule has 6 heteroatoms. The second kappa shape index (κ2) is 4.55. The lowest BCUT2D eigenvalue weighted by atomic mass is 10.2. The zero-order chi connectivity index (χ0) is 12.4. The number of carbonyl (C=O) groups is 1. The highest BCUT2D eigenvalue weighted by molar-refractivity contribution is 6.16. The summed E-state index contributed by atoms with van der Waals surface area (Å²) in [6.07, 6.45) is 0. The molecular formula is C11H11ClN4O. The Kier molecular flexibility index (Phi) is 3.10. The summed E-state index contributed by atoms with van der Waals surface area (Å²) in [6.45, 7) is 1.84. The molecule has 17 heavy (non-hydrogen) atoms. The molecule has 1 aromatic heterocycles. The lowest BCUT2D eigenvalue weighted by Gasteiger charge is -2.07. The molecule has 0 aliphatic heterocycles. The molecule has 1 amide bonds. The van der Waals surface area contributed by atoms with Crippen molar-refractivity contribution < 1.29 is 4.79 Å². The van der Waals surface area contributed by atoms with E-state index in [1.54, 1.807) is 24.3 Å². The van der Waals surface area contributed by atoms with Crippen molar-refractivity contribution in [2.45, 2.75) is 12.8 Å². The van der Waals surface area contributed by atoms with E-state index >= 15 is 0 Å². The lowest BCUT2D eigenvalue weighted by Crippen LogP contribution is -2.11. The largest absolute Gasteiger partial charge is 0.366 e. The van der Waals surface area contributed by atoms with E-state index in [2.05, 4.69) is 10.2 Å². The molecule has 1 aromatic carbocycles. The van der Waals surface area contributed by atoms with Gasteiger partial charge in [0.25, 0.3) is 0 Å². The molecule has 0 bridgehead atoms. The highest BCUT2D eigenvalue weighted by Gasteiger charge is 2.10. The summed E-state index contributed by atoms with van der Waals surface area (Å²) in [4.78, 5) is 11.0. The number of aromatic nitrogens is 3. The van der Waals surface area contributed by atoms with Gasteiger partial charge in [-0.2, -0.15) is 0 Å². The Labute approximate surface area is 103 Å². The van der Waals surface area contributed by atoms with Crippen LogP contribution in [-0.2, 0) is 5.88 Å². The first-order chi connectivity index (χ1) is 8.13. The van der Waals surface area contributed by atoms with Crippen LogP contribution in [0.1, 0.15) is 22.0 Å². The van der Waals surface area contributed by atoms with Crippen LogP contribution in [-0.4, -0.2) is 20.7 Å². The number of hydrogen-bond donors (Lipinski definition) is 1. The van der Waals surface area contributed by atoms with Gasteiger partial charge in [-0.05, 0) is 31.2 Å². The second-order valence-electron chi connectivity index (χ2n) is 3.54. The average molecular weight is 251 g/mol. The standard InChI is InChI=1S/C11H11ClN4O/c1-7-14-15-10(6-12)16(7)9-4-2-8(3-5-9)11(13)17/h2-5H,6H2,1H3,(H2,13,17). The van der Waals surface area contributed by atoms with Gasteiger partial charge in [0.1, 0.15) is 5.82 Å². The van der Waals surface area contributed by atoms with Crippen molar-refractivity contribution in [2.24, 2.45) is 5.73 Å². The molecule has 1 heterocycles. The van der Waals surface area contributed by atoms with Gasteiger partial charge in [-0.15, -0.1) is 21.8 Å². The van der Waals surface area contributed by atoms with Crippen LogP contribution in [0.15, 0.2) is 24.3 Å². The van der Waals surface area contributed by atoms with E-state index in [4.69, 9.17) is 17.3 Å². The Morgan fingerprint density at radius 2 is 2.00 bits per heavy atom. The molecule has 5 nitrogen and oxygen atoms in total. The summed E-state index contributed by atoms with van der Waals surface area (Å²) in [5, 5.41) is 7.92. The minimum atomic E-state index is -0.449.